The van der Waals surface area contributed by atoms with Crippen molar-refractivity contribution in [3.63, 3.8) is 0 Å². The fraction of sp³-hybridized carbons (Fsp3) is 0.900. The van der Waals surface area contributed by atoms with Gasteiger partial charge in [-0.15, -0.1) is 0 Å². The van der Waals surface area contributed by atoms with Crippen LogP contribution >= 0.6 is 0 Å². The molecule has 1 amide bonds. The molecule has 0 aliphatic heterocycles. The summed E-state index contributed by atoms with van der Waals surface area (Å²) in [5, 5.41) is 0. The van der Waals surface area contributed by atoms with Crippen molar-refractivity contribution in [2.45, 2.75) is 38.1 Å². The van der Waals surface area contributed by atoms with Gasteiger partial charge in [-0.25, -0.2) is 4.79 Å². The maximum atomic E-state index is 11.4. The van der Waals surface area contributed by atoms with Gasteiger partial charge in [0.15, 0.2) is 0 Å². The monoisotopic (exact) mass is 201 g/mol. The standard InChI is InChI=1S/C10H19NO3/c1-13-8-11(10(12)14-2)9-6-4-3-5-7-9/h9H,3-8H2,1-2H3. The minimum Gasteiger partial charge on any atom is -0.453 e. The van der Waals surface area contributed by atoms with E-state index < -0.39 is 0 Å². The van der Waals surface area contributed by atoms with E-state index in [9.17, 15) is 4.79 Å². The molecular weight excluding hydrogens is 182 g/mol. The molecule has 1 rings (SSSR count). The summed E-state index contributed by atoms with van der Waals surface area (Å²) in [5.41, 5.74) is 0. The number of hydrogen-bond acceptors (Lipinski definition) is 3. The van der Waals surface area contributed by atoms with Crippen LogP contribution in [0.25, 0.3) is 0 Å². The molecule has 0 N–H and O–H groups in total. The maximum absolute atomic E-state index is 11.4. The van der Waals surface area contributed by atoms with Gasteiger partial charge in [0.25, 0.3) is 0 Å². The molecule has 0 radical (unpaired) electrons. The van der Waals surface area contributed by atoms with Crippen LogP contribution in [0.3, 0.4) is 0 Å². The molecule has 0 saturated heterocycles. The molecule has 0 atom stereocenters. The van der Waals surface area contributed by atoms with Crippen molar-refractivity contribution in [2.75, 3.05) is 21.0 Å². The highest BCUT2D eigenvalue weighted by Crippen LogP contribution is 2.22. The second kappa shape index (κ2) is 5.86. The molecule has 0 heterocycles. The van der Waals surface area contributed by atoms with Gasteiger partial charge in [0.05, 0.1) is 7.11 Å². The van der Waals surface area contributed by atoms with E-state index in [1.54, 1.807) is 12.0 Å². The second-order valence-electron chi connectivity index (χ2n) is 3.65. The Labute approximate surface area is 85.2 Å². The van der Waals surface area contributed by atoms with E-state index in [2.05, 4.69) is 0 Å². The lowest BCUT2D eigenvalue weighted by Gasteiger charge is -2.32. The lowest BCUT2D eigenvalue weighted by molar-refractivity contribution is 0.0196. The van der Waals surface area contributed by atoms with E-state index in [0.29, 0.717) is 12.8 Å². The van der Waals surface area contributed by atoms with Gasteiger partial charge in [0.2, 0.25) is 0 Å². The molecule has 0 bridgehead atoms. The molecule has 1 fully saturated rings. The Morgan fingerprint density at radius 1 is 1.29 bits per heavy atom. The molecule has 0 aromatic carbocycles. The van der Waals surface area contributed by atoms with Gasteiger partial charge in [0, 0.05) is 13.2 Å². The second-order valence-corrected chi connectivity index (χ2v) is 3.65. The van der Waals surface area contributed by atoms with Crippen LogP contribution in [0.1, 0.15) is 32.1 Å². The maximum Gasteiger partial charge on any atom is 0.411 e. The smallest absolute Gasteiger partial charge is 0.411 e. The number of amides is 1. The number of ether oxygens (including phenoxy) is 2. The van der Waals surface area contributed by atoms with Crippen LogP contribution in [-0.4, -0.2) is 38.0 Å². The van der Waals surface area contributed by atoms with E-state index in [-0.39, 0.29) is 6.09 Å². The number of nitrogens with zero attached hydrogens (tertiary/aromatic N) is 1. The Kier molecular flexibility index (Phi) is 4.73. The van der Waals surface area contributed by atoms with Crippen molar-refractivity contribution < 1.29 is 14.3 Å². The first-order valence-corrected chi connectivity index (χ1v) is 5.13. The summed E-state index contributed by atoms with van der Waals surface area (Å²) in [7, 11) is 3.01. The zero-order chi connectivity index (χ0) is 10.4. The van der Waals surface area contributed by atoms with Crippen LogP contribution in [0.2, 0.25) is 0 Å². The molecule has 0 unspecified atom stereocenters. The van der Waals surface area contributed by atoms with E-state index in [4.69, 9.17) is 9.47 Å². The van der Waals surface area contributed by atoms with Crippen LogP contribution in [0.15, 0.2) is 0 Å². The van der Waals surface area contributed by atoms with E-state index in [1.165, 1.54) is 26.4 Å². The number of carbonyl (C=O) groups excluding carboxylic acids is 1. The third kappa shape index (κ3) is 2.87. The summed E-state index contributed by atoms with van der Waals surface area (Å²) < 4.78 is 9.73. The van der Waals surface area contributed by atoms with Gasteiger partial charge in [-0.05, 0) is 12.8 Å². The first kappa shape index (κ1) is 11.3. The third-order valence-corrected chi connectivity index (χ3v) is 2.69. The first-order valence-electron chi connectivity index (χ1n) is 5.13. The predicted molar refractivity (Wildman–Crippen MR) is 53.0 cm³/mol. The SMILES string of the molecule is COCN(C(=O)OC)C1CCCCC1. The van der Waals surface area contributed by atoms with Crippen molar-refractivity contribution in [3.05, 3.63) is 0 Å². The zero-order valence-corrected chi connectivity index (χ0v) is 8.99. The summed E-state index contributed by atoms with van der Waals surface area (Å²) in [6.07, 6.45) is 5.53. The third-order valence-electron chi connectivity index (χ3n) is 2.69. The van der Waals surface area contributed by atoms with E-state index >= 15 is 0 Å². The van der Waals surface area contributed by atoms with Crippen LogP contribution < -0.4 is 0 Å². The topological polar surface area (TPSA) is 38.8 Å². The summed E-state index contributed by atoms with van der Waals surface area (Å²) in [6, 6.07) is 0.302. The van der Waals surface area contributed by atoms with E-state index in [1.807, 2.05) is 0 Å². The minimum atomic E-state index is -0.279. The molecule has 4 heteroatoms. The zero-order valence-electron chi connectivity index (χ0n) is 8.99. The highest BCUT2D eigenvalue weighted by Gasteiger charge is 2.25. The minimum absolute atomic E-state index is 0.279. The fourth-order valence-corrected chi connectivity index (χ4v) is 1.96. The predicted octanol–water partition coefficient (Wildman–Crippen LogP) is 1.99. The first-order chi connectivity index (χ1) is 6.79. The van der Waals surface area contributed by atoms with Gasteiger partial charge in [0.1, 0.15) is 6.73 Å². The van der Waals surface area contributed by atoms with Gasteiger partial charge in [-0.3, -0.25) is 4.90 Å². The van der Waals surface area contributed by atoms with Gasteiger partial charge in [-0.2, -0.15) is 0 Å². The van der Waals surface area contributed by atoms with Crippen LogP contribution in [0, 0.1) is 0 Å². The molecule has 1 aliphatic rings. The largest absolute Gasteiger partial charge is 0.453 e. The van der Waals surface area contributed by atoms with E-state index in [0.717, 1.165) is 12.8 Å². The molecule has 0 aromatic rings. The molecule has 1 saturated carbocycles. The molecule has 4 nitrogen and oxygen atoms in total. The highest BCUT2D eigenvalue weighted by molar-refractivity contribution is 5.67. The van der Waals surface area contributed by atoms with Crippen LogP contribution in [-0.2, 0) is 9.47 Å². The molecule has 0 spiro atoms. The summed E-state index contributed by atoms with van der Waals surface area (Å²) >= 11 is 0. The lowest BCUT2D eigenvalue weighted by Crippen LogP contribution is -2.42. The van der Waals surface area contributed by atoms with Crippen molar-refractivity contribution in [1.29, 1.82) is 0 Å². The Morgan fingerprint density at radius 2 is 1.93 bits per heavy atom. The average Bonchev–Trinajstić information content (AvgIpc) is 2.26. The Morgan fingerprint density at radius 3 is 2.43 bits per heavy atom. The summed E-state index contributed by atoms with van der Waals surface area (Å²) in [6.45, 7) is 0.331. The molecule has 1 aliphatic carbocycles. The number of rotatable bonds is 3. The van der Waals surface area contributed by atoms with Crippen molar-refractivity contribution in [2.24, 2.45) is 0 Å². The normalized spacial score (nSPS) is 17.9. The quantitative estimate of drug-likeness (QED) is 0.655. The molecule has 82 valence electrons. The van der Waals surface area contributed by atoms with Gasteiger partial charge >= 0.3 is 6.09 Å². The number of carbonyl (C=O) groups is 1. The fourth-order valence-electron chi connectivity index (χ4n) is 1.96. The van der Waals surface area contributed by atoms with Crippen molar-refractivity contribution in [3.8, 4) is 0 Å². The summed E-state index contributed by atoms with van der Waals surface area (Å²) in [5.74, 6) is 0. The molecule has 0 aromatic heterocycles. The van der Waals surface area contributed by atoms with Crippen molar-refractivity contribution >= 4 is 6.09 Å². The Balaban J connectivity index is 2.50. The summed E-state index contributed by atoms with van der Waals surface area (Å²) in [4.78, 5) is 13.1. The lowest BCUT2D eigenvalue weighted by atomic mass is 9.95. The molecular formula is C10H19NO3. The average molecular weight is 201 g/mol. The van der Waals surface area contributed by atoms with Gasteiger partial charge < -0.3 is 9.47 Å². The number of methoxy groups -OCH3 is 2. The molecule has 14 heavy (non-hydrogen) atoms. The number of hydrogen-bond donors (Lipinski definition) is 0. The highest BCUT2D eigenvalue weighted by atomic mass is 16.6. The van der Waals surface area contributed by atoms with Crippen molar-refractivity contribution in [1.82, 2.24) is 4.90 Å². The Bertz CT molecular complexity index is 178. The van der Waals surface area contributed by atoms with Crippen LogP contribution in [0.4, 0.5) is 4.79 Å². The Hall–Kier alpha value is -0.770. The van der Waals surface area contributed by atoms with Crippen LogP contribution in [0.5, 0.6) is 0 Å². The van der Waals surface area contributed by atoms with Gasteiger partial charge in [-0.1, -0.05) is 19.3 Å².